The first kappa shape index (κ1) is 19.4. The van der Waals surface area contributed by atoms with Crippen molar-refractivity contribution in [3.05, 3.63) is 28.2 Å². The zero-order valence-corrected chi connectivity index (χ0v) is 15.9. The Kier molecular flexibility index (Phi) is 6.46. The van der Waals surface area contributed by atoms with Crippen molar-refractivity contribution < 1.29 is 18.1 Å². The number of likely N-dealkylation sites (N-methyl/N-ethyl adjacent to an activating group) is 2. The van der Waals surface area contributed by atoms with Crippen LogP contribution in [0.1, 0.15) is 0 Å². The summed E-state index contributed by atoms with van der Waals surface area (Å²) in [5, 5.41) is 2.13. The molecule has 0 radical (unpaired) electrons. The molecule has 1 saturated heterocycles. The number of halogens is 2. The minimum atomic E-state index is -3.90. The van der Waals surface area contributed by atoms with E-state index in [1.54, 1.807) is 0 Å². The standard InChI is InChI=1S/C14H20Cl2N4O3S/c1-18-5-7-20(8-6-18)17-14(21)10-19(2)24(22,23)13-9-11(15)3-4-12(13)16/h3-4,9H,5-8,10H2,1-2H3,(H,17,21)/p+1. The smallest absolute Gasteiger partial charge is 0.249 e. The van der Waals surface area contributed by atoms with E-state index in [2.05, 4.69) is 12.5 Å². The number of hydrogen-bond acceptors (Lipinski definition) is 4. The highest BCUT2D eigenvalue weighted by atomic mass is 35.5. The zero-order valence-electron chi connectivity index (χ0n) is 13.6. The Balaban J connectivity index is 2.01. The van der Waals surface area contributed by atoms with E-state index in [1.165, 1.54) is 30.1 Å². The molecule has 1 aliphatic heterocycles. The fourth-order valence-corrected chi connectivity index (χ4v) is 4.20. The summed E-state index contributed by atoms with van der Waals surface area (Å²) in [5.74, 6) is -0.390. The Morgan fingerprint density at radius 1 is 1.33 bits per heavy atom. The third-order valence-corrected chi connectivity index (χ3v) is 6.37. The SMILES string of the molecule is CN(CC(=O)NN1CC[NH+](C)CC1)S(=O)(=O)c1cc(Cl)ccc1Cl. The molecule has 0 unspecified atom stereocenters. The molecule has 1 amide bonds. The molecule has 1 heterocycles. The van der Waals surface area contributed by atoms with Gasteiger partial charge in [0.15, 0.2) is 0 Å². The van der Waals surface area contributed by atoms with E-state index >= 15 is 0 Å². The molecule has 1 aromatic rings. The summed E-state index contributed by atoms with van der Waals surface area (Å²) in [6.45, 7) is 3.01. The highest BCUT2D eigenvalue weighted by Crippen LogP contribution is 2.26. The van der Waals surface area contributed by atoms with E-state index in [-0.39, 0.29) is 21.5 Å². The van der Waals surface area contributed by atoms with E-state index in [9.17, 15) is 13.2 Å². The molecule has 7 nitrogen and oxygen atoms in total. The van der Waals surface area contributed by atoms with Gasteiger partial charge in [0.05, 0.1) is 44.8 Å². The molecule has 0 spiro atoms. The minimum absolute atomic E-state index is 0.0636. The van der Waals surface area contributed by atoms with Crippen LogP contribution in [0.2, 0.25) is 10.0 Å². The number of hydrazine groups is 1. The van der Waals surface area contributed by atoms with Crippen LogP contribution < -0.4 is 10.3 Å². The maximum Gasteiger partial charge on any atom is 0.249 e. The van der Waals surface area contributed by atoms with Crippen molar-refractivity contribution in [2.75, 3.05) is 46.8 Å². The average molecular weight is 396 g/mol. The quantitative estimate of drug-likeness (QED) is 0.703. The molecule has 1 aliphatic rings. The number of sulfonamides is 1. The Morgan fingerprint density at radius 2 is 1.96 bits per heavy atom. The van der Waals surface area contributed by atoms with Crippen LogP contribution in [0.3, 0.4) is 0 Å². The molecular formula is C14H21Cl2N4O3S+. The first-order valence-corrected chi connectivity index (χ1v) is 9.67. The van der Waals surface area contributed by atoms with Crippen molar-refractivity contribution in [1.82, 2.24) is 14.7 Å². The molecule has 0 aromatic heterocycles. The molecule has 24 heavy (non-hydrogen) atoms. The molecule has 0 atom stereocenters. The van der Waals surface area contributed by atoms with Crippen molar-refractivity contribution in [1.29, 1.82) is 0 Å². The van der Waals surface area contributed by atoms with Gasteiger partial charge in [-0.15, -0.1) is 0 Å². The Bertz CT molecular complexity index is 706. The molecule has 10 heteroatoms. The topological polar surface area (TPSA) is 74.2 Å². The van der Waals surface area contributed by atoms with Crippen molar-refractivity contribution in [2.24, 2.45) is 0 Å². The van der Waals surface area contributed by atoms with Crippen LogP contribution in [0.4, 0.5) is 0 Å². The maximum absolute atomic E-state index is 12.6. The number of carbonyl (C=O) groups excluding carboxylic acids is 1. The van der Waals surface area contributed by atoms with Crippen LogP contribution in [0.5, 0.6) is 0 Å². The number of carbonyl (C=O) groups is 1. The van der Waals surface area contributed by atoms with Crippen molar-refractivity contribution in [3.8, 4) is 0 Å². The van der Waals surface area contributed by atoms with Gasteiger partial charge in [-0.3, -0.25) is 10.2 Å². The Labute approximate surface area is 152 Å². The van der Waals surface area contributed by atoms with Crippen LogP contribution in [-0.4, -0.2) is 70.5 Å². The second kappa shape index (κ2) is 7.99. The molecule has 2 N–H and O–H groups in total. The lowest BCUT2D eigenvalue weighted by Crippen LogP contribution is -3.12. The third kappa shape index (κ3) is 4.81. The van der Waals surface area contributed by atoms with E-state index in [0.717, 1.165) is 30.5 Å². The van der Waals surface area contributed by atoms with Gasteiger partial charge in [0, 0.05) is 12.1 Å². The summed E-state index contributed by atoms with van der Waals surface area (Å²) < 4.78 is 26.1. The van der Waals surface area contributed by atoms with Crippen LogP contribution in [0.25, 0.3) is 0 Å². The first-order valence-electron chi connectivity index (χ1n) is 7.47. The van der Waals surface area contributed by atoms with E-state index in [1.807, 2.05) is 5.01 Å². The van der Waals surface area contributed by atoms with Gasteiger partial charge < -0.3 is 4.90 Å². The number of benzene rings is 1. The van der Waals surface area contributed by atoms with Crippen LogP contribution in [0.15, 0.2) is 23.1 Å². The third-order valence-electron chi connectivity index (χ3n) is 3.85. The average Bonchev–Trinajstić information content (AvgIpc) is 2.51. The molecule has 134 valence electrons. The van der Waals surface area contributed by atoms with Gasteiger partial charge in [0.2, 0.25) is 15.9 Å². The van der Waals surface area contributed by atoms with Crippen LogP contribution >= 0.6 is 23.2 Å². The number of nitrogens with zero attached hydrogens (tertiary/aromatic N) is 2. The number of piperazine rings is 1. The Morgan fingerprint density at radius 3 is 2.58 bits per heavy atom. The second-order valence-corrected chi connectivity index (χ2v) is 8.67. The predicted molar refractivity (Wildman–Crippen MR) is 92.6 cm³/mol. The first-order chi connectivity index (χ1) is 11.2. The molecule has 1 aromatic carbocycles. The van der Waals surface area contributed by atoms with E-state index in [0.29, 0.717) is 0 Å². The van der Waals surface area contributed by atoms with Gasteiger partial charge in [-0.05, 0) is 18.2 Å². The molecule has 0 aliphatic carbocycles. The summed E-state index contributed by atoms with van der Waals surface area (Å²) in [4.78, 5) is 13.4. The van der Waals surface area contributed by atoms with Gasteiger partial charge in [-0.2, -0.15) is 4.31 Å². The molecule has 1 fully saturated rings. The molecule has 0 saturated carbocycles. The highest BCUT2D eigenvalue weighted by Gasteiger charge is 2.27. The number of rotatable bonds is 5. The lowest BCUT2D eigenvalue weighted by Gasteiger charge is -2.30. The fraction of sp³-hybridized carbons (Fsp3) is 0.500. The number of quaternary nitrogens is 1. The second-order valence-electron chi connectivity index (χ2n) is 5.81. The zero-order chi connectivity index (χ0) is 17.9. The summed E-state index contributed by atoms with van der Waals surface area (Å²) in [6.07, 6.45) is 0. The van der Waals surface area contributed by atoms with Gasteiger partial charge in [-0.1, -0.05) is 23.2 Å². The highest BCUT2D eigenvalue weighted by molar-refractivity contribution is 7.89. The summed E-state index contributed by atoms with van der Waals surface area (Å²) in [7, 11) is -0.478. The van der Waals surface area contributed by atoms with Crippen molar-refractivity contribution in [3.63, 3.8) is 0 Å². The Hall–Kier alpha value is -0.900. The predicted octanol–water partition coefficient (Wildman–Crippen LogP) is -0.525. The monoisotopic (exact) mass is 395 g/mol. The summed E-state index contributed by atoms with van der Waals surface area (Å²) in [6, 6.07) is 4.19. The molecule has 2 rings (SSSR count). The molecule has 0 bridgehead atoms. The van der Waals surface area contributed by atoms with Gasteiger partial charge in [0.25, 0.3) is 0 Å². The molecular weight excluding hydrogens is 375 g/mol. The lowest BCUT2D eigenvalue weighted by atomic mass is 10.4. The van der Waals surface area contributed by atoms with Crippen LogP contribution in [-0.2, 0) is 14.8 Å². The lowest BCUT2D eigenvalue weighted by molar-refractivity contribution is -0.884. The largest absolute Gasteiger partial charge is 0.335 e. The maximum atomic E-state index is 12.6. The van der Waals surface area contributed by atoms with Gasteiger partial charge in [0.1, 0.15) is 4.90 Å². The van der Waals surface area contributed by atoms with Gasteiger partial charge >= 0.3 is 0 Å². The van der Waals surface area contributed by atoms with Crippen molar-refractivity contribution >= 4 is 39.1 Å². The number of amides is 1. The normalized spacial score (nSPS) is 17.2. The summed E-state index contributed by atoms with van der Waals surface area (Å²) >= 11 is 11.8. The van der Waals surface area contributed by atoms with Gasteiger partial charge in [-0.25, -0.2) is 13.4 Å². The summed E-state index contributed by atoms with van der Waals surface area (Å²) in [5.41, 5.74) is 2.74. The van der Waals surface area contributed by atoms with E-state index < -0.39 is 15.9 Å². The number of nitrogens with one attached hydrogen (secondary N) is 2. The van der Waals surface area contributed by atoms with Crippen molar-refractivity contribution in [2.45, 2.75) is 4.90 Å². The van der Waals surface area contributed by atoms with Crippen LogP contribution in [0, 0.1) is 0 Å². The fourth-order valence-electron chi connectivity index (χ4n) is 2.34. The minimum Gasteiger partial charge on any atom is -0.335 e. The van der Waals surface area contributed by atoms with E-state index in [4.69, 9.17) is 23.2 Å². The number of hydrogen-bond donors (Lipinski definition) is 2.